The first-order valence-corrected chi connectivity index (χ1v) is 9.32. The van der Waals surface area contributed by atoms with Gasteiger partial charge in [0.2, 0.25) is 0 Å². The van der Waals surface area contributed by atoms with Gasteiger partial charge in [0.15, 0.2) is 0 Å². The quantitative estimate of drug-likeness (QED) is 0.327. The summed E-state index contributed by atoms with van der Waals surface area (Å²) in [7, 11) is 0. The van der Waals surface area contributed by atoms with Crippen LogP contribution in [0.5, 0.6) is 0 Å². The van der Waals surface area contributed by atoms with Gasteiger partial charge in [0.05, 0.1) is 22.2 Å². The minimum absolute atomic E-state index is 0.991. The molecule has 26 heavy (non-hydrogen) atoms. The van der Waals surface area contributed by atoms with E-state index in [1.165, 1.54) is 0 Å². The lowest BCUT2D eigenvalue weighted by Crippen LogP contribution is -1.93. The van der Waals surface area contributed by atoms with Crippen LogP contribution < -0.4 is 0 Å². The highest BCUT2D eigenvalue weighted by molar-refractivity contribution is 9.10. The van der Waals surface area contributed by atoms with E-state index in [-0.39, 0.29) is 0 Å². The summed E-state index contributed by atoms with van der Waals surface area (Å²) in [6.45, 7) is 0. The fourth-order valence-electron chi connectivity index (χ4n) is 3.48. The number of para-hydroxylation sites is 1. The normalized spacial score (nSPS) is 11.3. The van der Waals surface area contributed by atoms with Crippen LogP contribution in [-0.4, -0.2) is 9.55 Å². The number of hydrogen-bond acceptors (Lipinski definition) is 1. The smallest absolute Gasteiger partial charge is 0.0971 e. The minimum atomic E-state index is 0.991. The average molecular weight is 399 g/mol. The van der Waals surface area contributed by atoms with E-state index in [1.807, 2.05) is 24.3 Å². The zero-order valence-corrected chi connectivity index (χ0v) is 15.5. The van der Waals surface area contributed by atoms with Crippen molar-refractivity contribution in [2.45, 2.75) is 0 Å². The second-order valence-electron chi connectivity index (χ2n) is 6.26. The fourth-order valence-corrected chi connectivity index (χ4v) is 3.84. The molecule has 0 N–H and O–H groups in total. The molecule has 0 amide bonds. The molecule has 2 nitrogen and oxygen atoms in total. The number of halogens is 1. The molecule has 0 fully saturated rings. The van der Waals surface area contributed by atoms with Crippen LogP contribution in [0.4, 0.5) is 0 Å². The number of pyridine rings is 1. The molecule has 0 aliphatic rings. The van der Waals surface area contributed by atoms with Crippen LogP contribution in [0.15, 0.2) is 95.5 Å². The molecule has 0 saturated carbocycles. The van der Waals surface area contributed by atoms with Gasteiger partial charge in [0, 0.05) is 21.1 Å². The third-order valence-corrected chi connectivity index (χ3v) is 5.15. The van der Waals surface area contributed by atoms with E-state index in [1.54, 1.807) is 0 Å². The molecule has 2 aromatic heterocycles. The van der Waals surface area contributed by atoms with Crippen molar-refractivity contribution >= 4 is 37.9 Å². The molecule has 0 aliphatic heterocycles. The summed E-state index contributed by atoms with van der Waals surface area (Å²) in [5.74, 6) is 0. The topological polar surface area (TPSA) is 17.8 Å². The van der Waals surface area contributed by atoms with Crippen molar-refractivity contribution in [1.82, 2.24) is 9.55 Å². The van der Waals surface area contributed by atoms with Crippen LogP contribution in [-0.2, 0) is 0 Å². The van der Waals surface area contributed by atoms with Gasteiger partial charge in [-0.15, -0.1) is 0 Å². The molecular formula is C23H15BrN2. The summed E-state index contributed by atoms with van der Waals surface area (Å²) in [5, 5.41) is 1.15. The molecule has 124 valence electrons. The molecule has 5 rings (SSSR count). The maximum absolute atomic E-state index is 5.02. The predicted molar refractivity (Wildman–Crippen MR) is 112 cm³/mol. The van der Waals surface area contributed by atoms with Crippen molar-refractivity contribution in [2.75, 3.05) is 0 Å². The molecule has 0 radical (unpaired) electrons. The zero-order chi connectivity index (χ0) is 17.5. The van der Waals surface area contributed by atoms with Gasteiger partial charge in [-0.3, -0.25) is 0 Å². The first-order valence-electron chi connectivity index (χ1n) is 8.53. The molecule has 3 aromatic carbocycles. The van der Waals surface area contributed by atoms with Crippen molar-refractivity contribution in [3.05, 3.63) is 95.5 Å². The summed E-state index contributed by atoms with van der Waals surface area (Å²) < 4.78 is 3.34. The second-order valence-corrected chi connectivity index (χ2v) is 7.18. The molecular weight excluding hydrogens is 384 g/mol. The largest absolute Gasteiger partial charge is 0.308 e. The monoisotopic (exact) mass is 398 g/mol. The standard InChI is InChI=1S/C23H15BrN2/c24-17-11-13-21-19(15-17)23-22(26(21)18-9-5-2-6-10-18)14-12-20(25-23)16-7-3-1-4-8-16/h1-15H. The second kappa shape index (κ2) is 6.11. The lowest BCUT2D eigenvalue weighted by molar-refractivity contribution is 1.17. The fraction of sp³-hybridized carbons (Fsp3) is 0. The van der Waals surface area contributed by atoms with Gasteiger partial charge in [0.1, 0.15) is 0 Å². The highest BCUT2D eigenvalue weighted by Gasteiger charge is 2.14. The summed E-state index contributed by atoms with van der Waals surface area (Å²) in [4.78, 5) is 5.02. The van der Waals surface area contributed by atoms with Crippen LogP contribution in [0, 0.1) is 0 Å². The van der Waals surface area contributed by atoms with E-state index in [2.05, 4.69) is 87.2 Å². The van der Waals surface area contributed by atoms with Gasteiger partial charge < -0.3 is 4.57 Å². The van der Waals surface area contributed by atoms with Gasteiger partial charge in [-0.1, -0.05) is 64.5 Å². The number of fused-ring (bicyclic) bond motifs is 3. The number of aromatic nitrogens is 2. The number of hydrogen-bond donors (Lipinski definition) is 0. The van der Waals surface area contributed by atoms with E-state index in [0.717, 1.165) is 43.4 Å². The molecule has 3 heteroatoms. The van der Waals surface area contributed by atoms with E-state index in [9.17, 15) is 0 Å². The van der Waals surface area contributed by atoms with Crippen LogP contribution in [0.2, 0.25) is 0 Å². The van der Waals surface area contributed by atoms with Gasteiger partial charge in [0.25, 0.3) is 0 Å². The third-order valence-electron chi connectivity index (χ3n) is 4.65. The molecule has 2 heterocycles. The highest BCUT2D eigenvalue weighted by atomic mass is 79.9. The Bertz CT molecular complexity index is 1230. The molecule has 0 unspecified atom stereocenters. The van der Waals surface area contributed by atoms with E-state index in [0.29, 0.717) is 0 Å². The first kappa shape index (κ1) is 15.4. The SMILES string of the molecule is Brc1ccc2c(c1)c1nc(-c3ccccc3)ccc1n2-c1ccccc1. The Balaban J connectivity index is 1.87. The Kier molecular flexibility index (Phi) is 3.61. The third kappa shape index (κ3) is 2.44. The highest BCUT2D eigenvalue weighted by Crippen LogP contribution is 2.34. The van der Waals surface area contributed by atoms with Gasteiger partial charge in [-0.25, -0.2) is 4.98 Å². The molecule has 0 atom stereocenters. The van der Waals surface area contributed by atoms with Crippen molar-refractivity contribution < 1.29 is 0 Å². The van der Waals surface area contributed by atoms with Crippen molar-refractivity contribution in [1.29, 1.82) is 0 Å². The number of nitrogens with zero attached hydrogens (tertiary/aromatic N) is 2. The summed E-state index contributed by atoms with van der Waals surface area (Å²) >= 11 is 3.61. The van der Waals surface area contributed by atoms with E-state index in [4.69, 9.17) is 4.98 Å². The van der Waals surface area contributed by atoms with Crippen LogP contribution in [0.3, 0.4) is 0 Å². The van der Waals surface area contributed by atoms with Crippen molar-refractivity contribution in [3.8, 4) is 16.9 Å². The molecule has 0 saturated heterocycles. The van der Waals surface area contributed by atoms with Crippen molar-refractivity contribution in [3.63, 3.8) is 0 Å². The average Bonchev–Trinajstić information content (AvgIpc) is 3.02. The maximum Gasteiger partial charge on any atom is 0.0971 e. The molecule has 5 aromatic rings. The summed E-state index contributed by atoms with van der Waals surface area (Å²) in [6, 6.07) is 31.4. The van der Waals surface area contributed by atoms with E-state index >= 15 is 0 Å². The lowest BCUT2D eigenvalue weighted by atomic mass is 10.1. The lowest BCUT2D eigenvalue weighted by Gasteiger charge is -2.07. The Labute approximate surface area is 159 Å². The number of rotatable bonds is 2. The minimum Gasteiger partial charge on any atom is -0.308 e. The predicted octanol–water partition coefficient (Wildman–Crippen LogP) is 6.61. The Morgan fingerprint density at radius 2 is 1.38 bits per heavy atom. The Hall–Kier alpha value is -2.91. The maximum atomic E-state index is 5.02. The Morgan fingerprint density at radius 3 is 2.15 bits per heavy atom. The zero-order valence-electron chi connectivity index (χ0n) is 13.9. The van der Waals surface area contributed by atoms with Gasteiger partial charge in [-0.2, -0.15) is 0 Å². The van der Waals surface area contributed by atoms with Crippen LogP contribution in [0.1, 0.15) is 0 Å². The van der Waals surface area contributed by atoms with Gasteiger partial charge in [-0.05, 0) is 42.5 Å². The Morgan fingerprint density at radius 1 is 0.692 bits per heavy atom. The number of benzene rings is 3. The molecule has 0 spiro atoms. The molecule has 0 bridgehead atoms. The summed E-state index contributed by atoms with van der Waals surface area (Å²) in [6.07, 6.45) is 0. The molecule has 0 aliphatic carbocycles. The van der Waals surface area contributed by atoms with E-state index < -0.39 is 0 Å². The summed E-state index contributed by atoms with van der Waals surface area (Å²) in [5.41, 5.74) is 6.56. The first-order chi connectivity index (χ1) is 12.8. The van der Waals surface area contributed by atoms with Crippen LogP contribution >= 0.6 is 15.9 Å². The van der Waals surface area contributed by atoms with Gasteiger partial charge >= 0.3 is 0 Å². The van der Waals surface area contributed by atoms with Crippen LogP contribution in [0.25, 0.3) is 38.9 Å². The van der Waals surface area contributed by atoms with Crippen molar-refractivity contribution in [2.24, 2.45) is 0 Å².